The number of aromatic nitrogens is 6. The summed E-state index contributed by atoms with van der Waals surface area (Å²) in [6.45, 7) is 20.9. The molecule has 28 nitrogen and oxygen atoms in total. The number of aliphatic imine (C=N–C) groups is 1. The van der Waals surface area contributed by atoms with Crippen molar-refractivity contribution in [3.05, 3.63) is 261 Å². The number of hydrogen-bond acceptors (Lipinski definition) is 27. The number of isocyanates is 1. The molecule has 648 valence electrons. The van der Waals surface area contributed by atoms with Crippen LogP contribution in [0.5, 0.6) is 0 Å². The highest BCUT2D eigenvalue weighted by Crippen LogP contribution is 2.39. The van der Waals surface area contributed by atoms with E-state index in [4.69, 9.17) is 65.0 Å². The van der Waals surface area contributed by atoms with Gasteiger partial charge in [0.25, 0.3) is 0 Å². The number of aliphatic hydroxyl groups excluding tert-OH is 4. The van der Waals surface area contributed by atoms with Gasteiger partial charge < -0.3 is 93.8 Å². The van der Waals surface area contributed by atoms with E-state index in [1.54, 1.807) is 65.6 Å². The molecular weight excluding hydrogens is 1690 g/mol. The van der Waals surface area contributed by atoms with Gasteiger partial charge in [0, 0.05) is 81.5 Å². The van der Waals surface area contributed by atoms with Crippen molar-refractivity contribution in [2.75, 3.05) is 73.9 Å². The first-order valence-electron chi connectivity index (χ1n) is 40.3. The molecule has 15 rings (SSSR count). The number of ether oxygens (including phenoxy) is 2. The molecular formula is C92H105B2FIN14O14-. The van der Waals surface area contributed by atoms with Crippen LogP contribution >= 0.6 is 0 Å². The Balaban J connectivity index is 0.000000182. The topological polar surface area (TPSA) is 432 Å². The highest BCUT2D eigenvalue weighted by atomic mass is 127. The van der Waals surface area contributed by atoms with Gasteiger partial charge in [0.1, 0.15) is 34.5 Å². The predicted molar refractivity (Wildman–Crippen MR) is 471 cm³/mol. The number of carbonyl (C=O) groups excluding carboxylic acids is 4. The van der Waals surface area contributed by atoms with Crippen molar-refractivity contribution in [2.45, 2.75) is 143 Å². The molecule has 4 aliphatic heterocycles. The second kappa shape index (κ2) is 45.4. The molecule has 0 unspecified atom stereocenters. The third-order valence-corrected chi connectivity index (χ3v) is 21.7. The molecule has 3 aromatic heterocycles. The number of Topliss-reactive ketones (excluding diaryl/α,β-unsaturated/α-hetero) is 3. The fourth-order valence-corrected chi connectivity index (χ4v) is 13.2. The summed E-state index contributed by atoms with van der Waals surface area (Å²) in [5.41, 5.74) is 24.6. The Morgan fingerprint density at radius 3 is 1.10 bits per heavy atom. The van der Waals surface area contributed by atoms with Crippen LogP contribution in [0.25, 0.3) is 33.8 Å². The van der Waals surface area contributed by atoms with Gasteiger partial charge in [0.2, 0.25) is 11.9 Å². The molecule has 4 aliphatic rings. The summed E-state index contributed by atoms with van der Waals surface area (Å²) in [7, 11) is -0.769. The Kier molecular flexibility index (Phi) is 35.4. The highest BCUT2D eigenvalue weighted by molar-refractivity contribution is 6.62. The second-order valence-corrected chi connectivity index (χ2v) is 31.7. The zero-order valence-corrected chi connectivity index (χ0v) is 73.0. The van der Waals surface area contributed by atoms with Crippen molar-refractivity contribution < 1.29 is 96.1 Å². The maximum absolute atomic E-state index is 14.7. The van der Waals surface area contributed by atoms with Gasteiger partial charge in [0.05, 0.1) is 80.9 Å². The van der Waals surface area contributed by atoms with E-state index in [0.29, 0.717) is 100 Å². The van der Waals surface area contributed by atoms with Crippen molar-refractivity contribution >= 4 is 88.5 Å². The molecule has 0 aliphatic carbocycles. The van der Waals surface area contributed by atoms with Crippen LogP contribution in [0.1, 0.15) is 117 Å². The van der Waals surface area contributed by atoms with Crippen molar-refractivity contribution in [1.82, 2.24) is 30.1 Å². The lowest BCUT2D eigenvalue weighted by atomic mass is 9.78. The summed E-state index contributed by atoms with van der Waals surface area (Å²) in [5.74, 6) is 9.65. The van der Waals surface area contributed by atoms with Gasteiger partial charge in [-0.1, -0.05) is 170 Å². The van der Waals surface area contributed by atoms with E-state index in [1.165, 1.54) is 6.08 Å². The van der Waals surface area contributed by atoms with Gasteiger partial charge in [0.15, 0.2) is 34.8 Å². The number of nitrogen functional groups attached to an aromatic ring is 2. The lowest BCUT2D eigenvalue weighted by Crippen LogP contribution is -3.00. The Morgan fingerprint density at radius 2 is 0.758 bits per heavy atom. The minimum Gasteiger partial charge on any atom is -1.00 e. The maximum atomic E-state index is 14.7. The summed E-state index contributed by atoms with van der Waals surface area (Å²) in [5, 5.41) is 52.3. The molecule has 7 heterocycles. The molecule has 13 N–H and O–H groups in total. The fraction of sp³-hybridized carbons (Fsp3) is 0.326. The van der Waals surface area contributed by atoms with E-state index in [1.807, 2.05) is 195 Å². The van der Waals surface area contributed by atoms with Gasteiger partial charge in [-0.3, -0.25) is 31.2 Å². The van der Waals surface area contributed by atoms with E-state index >= 15 is 0 Å². The maximum Gasteiger partial charge on any atom is 0.494 e. The standard InChI is InChI=1S/C25H23FN4O3.C25H26N6O3.C22H27BO4.C13H16BNO3.C7H9NO.HI.H4N2/c26-23-22(15-27)28-24(29-25(23)30-9-11-33-12-10-30)20-7-5-18(6-8-20)14-21(32)13-17-1-3-19(16-31)4-2-17;26-23-21-22(29-30-23)25(31-9-11-34-12-10-31)28-24(27-21)19-7-5-17(6-8-19)14-20(33)13-16-1-3-18(15-32)4-2-16;1-21(2)22(3,4)27-23(26-21)19-11-9-17(10-12-19)14-20(25)13-16-5-7-18(15-24)8-6-16;1-12(2)13(3,4)18-14(17-12)10-5-7-11(8-6-10)15-9-16;8-7-3-1-6(5-9)2-4-7;;1-2/h1-8,31H,9-14,16H2;1-8,32H,9-15H2,(H3,26,29,30);5-12,24H,13-15H2,1-4H3;5-8H,1-4H3;1-4,9H,5,8H2;1H;1-2H2/p-1. The van der Waals surface area contributed by atoms with Crippen LogP contribution in [0.4, 0.5) is 33.2 Å². The molecule has 0 amide bonds. The zero-order chi connectivity index (χ0) is 88.4. The molecule has 4 saturated heterocycles. The summed E-state index contributed by atoms with van der Waals surface area (Å²) in [4.78, 5) is 72.9. The molecule has 11 aromatic rings. The van der Waals surface area contributed by atoms with E-state index in [0.717, 1.165) is 102 Å². The first-order chi connectivity index (χ1) is 59.0. The number of hydrogen-bond donors (Lipinski definition) is 9. The van der Waals surface area contributed by atoms with E-state index in [-0.39, 0.29) is 128 Å². The number of nitriles is 1. The number of nitrogens with one attached hydrogen (secondary N) is 1. The van der Waals surface area contributed by atoms with Crippen molar-refractivity contribution in [3.63, 3.8) is 0 Å². The van der Waals surface area contributed by atoms with Crippen LogP contribution in [0, 0.1) is 17.1 Å². The lowest BCUT2D eigenvalue weighted by Gasteiger charge is -2.32. The van der Waals surface area contributed by atoms with Crippen LogP contribution < -0.4 is 67.9 Å². The third-order valence-electron chi connectivity index (χ3n) is 21.7. The Hall–Kier alpha value is -11.2. The number of fused-ring (bicyclic) bond motifs is 1. The molecule has 0 spiro atoms. The van der Waals surface area contributed by atoms with Crippen molar-refractivity contribution in [3.8, 4) is 28.8 Å². The summed E-state index contributed by atoms with van der Waals surface area (Å²) in [6, 6.07) is 61.1. The zero-order valence-electron chi connectivity index (χ0n) is 70.8. The summed E-state index contributed by atoms with van der Waals surface area (Å²) >= 11 is 0. The van der Waals surface area contributed by atoms with E-state index < -0.39 is 5.82 Å². The number of carbonyl (C=O) groups is 3. The van der Waals surface area contributed by atoms with Crippen molar-refractivity contribution in [1.29, 1.82) is 5.26 Å². The number of H-pyrrole nitrogens is 1. The fourth-order valence-electron chi connectivity index (χ4n) is 13.2. The number of anilines is 4. The smallest absolute Gasteiger partial charge is 0.494 e. The van der Waals surface area contributed by atoms with Crippen LogP contribution in [-0.2, 0) is 112 Å². The number of aliphatic hydroxyl groups is 4. The second-order valence-electron chi connectivity index (χ2n) is 31.7. The van der Waals surface area contributed by atoms with E-state index in [2.05, 4.69) is 46.7 Å². The number of hydrazine groups is 1. The average Bonchev–Trinajstić information content (AvgIpc) is 1.60. The van der Waals surface area contributed by atoms with Gasteiger partial charge in [-0.05, 0) is 146 Å². The van der Waals surface area contributed by atoms with Crippen LogP contribution in [-0.4, -0.2) is 163 Å². The minimum absolute atomic E-state index is 0. The Bertz CT molecular complexity index is 5380. The van der Waals surface area contributed by atoms with Crippen molar-refractivity contribution in [2.24, 2.45) is 16.7 Å². The first kappa shape index (κ1) is 96.6. The summed E-state index contributed by atoms with van der Waals surface area (Å²) < 4.78 is 49.5. The number of benzene rings is 8. The Labute approximate surface area is 738 Å². The van der Waals surface area contributed by atoms with Crippen LogP contribution in [0.15, 0.2) is 199 Å². The quantitative estimate of drug-likeness (QED) is 0.00628. The number of nitrogens with two attached hydrogens (primary N) is 4. The molecule has 0 radical (unpaired) electrons. The van der Waals surface area contributed by atoms with Gasteiger partial charge in [-0.15, -0.1) is 0 Å². The molecule has 8 aromatic carbocycles. The summed E-state index contributed by atoms with van der Waals surface area (Å²) in [6.07, 6.45) is 3.58. The van der Waals surface area contributed by atoms with Gasteiger partial charge in [-0.2, -0.15) is 19.7 Å². The Morgan fingerprint density at radius 1 is 0.460 bits per heavy atom. The average molecular weight is 1800 g/mol. The van der Waals surface area contributed by atoms with Crippen LogP contribution in [0.2, 0.25) is 0 Å². The molecule has 4 fully saturated rings. The largest absolute Gasteiger partial charge is 1.00 e. The number of aromatic amines is 1. The van der Waals surface area contributed by atoms with Crippen LogP contribution in [0.3, 0.4) is 0 Å². The van der Waals surface area contributed by atoms with Gasteiger partial charge in [-0.25, -0.2) is 24.7 Å². The number of ketones is 3. The van der Waals surface area contributed by atoms with Gasteiger partial charge >= 0.3 is 14.2 Å². The molecule has 32 heteroatoms. The SMILES string of the molecule is CC1(C)OB(c2ccc(CC(=O)Cc3ccc(CO)cc3)cc2)OC1(C)C.CC1(C)OB(c2ccc(N=C=O)cc2)OC1(C)C.N#Cc1nc(-c2ccc(CC(=O)Cc3ccc(CO)cc3)cc2)nc(N2CCOCC2)c1F.NN.Nc1ccc(CO)cc1.Nc1n[nH]c2c(N3CCOCC3)nc(-c3ccc(CC(=O)Cc4ccc(CO)cc4)cc3)nc12.[I-]. The first-order valence-corrected chi connectivity index (χ1v) is 40.3. The highest BCUT2D eigenvalue weighted by Gasteiger charge is 2.53. The van der Waals surface area contributed by atoms with E-state index in [9.17, 15) is 28.8 Å². The molecule has 0 saturated carbocycles. The number of morpholine rings is 2. The predicted octanol–water partition coefficient (Wildman–Crippen LogP) is 6.49. The third kappa shape index (κ3) is 26.4. The number of nitrogens with zero attached hydrogens (tertiary/aromatic N) is 9. The molecule has 0 bridgehead atoms. The lowest BCUT2D eigenvalue weighted by molar-refractivity contribution is -0.118. The molecule has 0 atom stereocenters. The minimum atomic E-state index is -0.725. The number of rotatable bonds is 23. The monoisotopic (exact) mass is 1800 g/mol. The molecule has 124 heavy (non-hydrogen) atoms. The number of halogens is 2. The normalized spacial score (nSPS) is 15.0.